The van der Waals surface area contributed by atoms with Gasteiger partial charge in [0.05, 0.1) is 6.61 Å². The van der Waals surface area contributed by atoms with E-state index in [4.69, 9.17) is 4.74 Å². The zero-order valence-electron chi connectivity index (χ0n) is 14.5. The molecular weight excluding hydrogens is 316 g/mol. The third kappa shape index (κ3) is 3.65. The fourth-order valence-electron chi connectivity index (χ4n) is 3.00. The maximum Gasteiger partial charge on any atom is 0.255 e. The lowest BCUT2D eigenvalue weighted by atomic mass is 10.1. The molecule has 0 atom stereocenters. The quantitative estimate of drug-likeness (QED) is 0.905. The van der Waals surface area contributed by atoms with Crippen molar-refractivity contribution in [1.29, 1.82) is 0 Å². The van der Waals surface area contributed by atoms with E-state index < -0.39 is 0 Å². The Morgan fingerprint density at radius 1 is 1.12 bits per heavy atom. The summed E-state index contributed by atoms with van der Waals surface area (Å²) < 4.78 is 5.39. The Balaban J connectivity index is 1.72. The number of nitrogens with zero attached hydrogens (tertiary/aromatic N) is 1. The zero-order valence-corrected chi connectivity index (χ0v) is 14.5. The molecule has 1 N–H and O–H groups in total. The van der Waals surface area contributed by atoms with Crippen molar-refractivity contribution in [2.75, 3.05) is 23.4 Å². The van der Waals surface area contributed by atoms with E-state index in [0.717, 1.165) is 29.1 Å². The van der Waals surface area contributed by atoms with Crippen LogP contribution >= 0.6 is 0 Å². The first-order valence-electron chi connectivity index (χ1n) is 8.60. The number of anilines is 2. The summed E-state index contributed by atoms with van der Waals surface area (Å²) in [7, 11) is 0. The normalized spacial score (nSPS) is 12.6. The average molecular weight is 338 g/mol. The van der Waals surface area contributed by atoms with Gasteiger partial charge >= 0.3 is 0 Å². The highest BCUT2D eigenvalue weighted by atomic mass is 16.5. The summed E-state index contributed by atoms with van der Waals surface area (Å²) in [5.74, 6) is 0.733. The molecule has 0 radical (unpaired) electrons. The van der Waals surface area contributed by atoms with E-state index in [1.165, 1.54) is 0 Å². The van der Waals surface area contributed by atoms with Crippen molar-refractivity contribution in [1.82, 2.24) is 0 Å². The van der Waals surface area contributed by atoms with Crippen molar-refractivity contribution in [2.45, 2.75) is 26.7 Å². The summed E-state index contributed by atoms with van der Waals surface area (Å²) >= 11 is 0. The van der Waals surface area contributed by atoms with Crippen LogP contribution in [0.5, 0.6) is 5.75 Å². The molecule has 5 heteroatoms. The molecule has 0 spiro atoms. The molecule has 3 rings (SSSR count). The van der Waals surface area contributed by atoms with Crippen LogP contribution in [-0.4, -0.2) is 25.0 Å². The maximum atomic E-state index is 12.5. The first-order chi connectivity index (χ1) is 12.1. The predicted octanol–water partition coefficient (Wildman–Crippen LogP) is 3.64. The van der Waals surface area contributed by atoms with E-state index in [2.05, 4.69) is 5.32 Å². The van der Waals surface area contributed by atoms with Gasteiger partial charge in [0.2, 0.25) is 5.91 Å². The number of benzene rings is 2. The van der Waals surface area contributed by atoms with Crippen molar-refractivity contribution >= 4 is 23.2 Å². The van der Waals surface area contributed by atoms with Gasteiger partial charge in [0.25, 0.3) is 5.91 Å². The SMILES string of the molecule is CCOc1ccc(NC(=O)c2ccc3c(c2)CCN3C(=O)CC)cc1. The first-order valence-corrected chi connectivity index (χ1v) is 8.60. The Kier molecular flexibility index (Phi) is 5.03. The van der Waals surface area contributed by atoms with Gasteiger partial charge in [-0.05, 0) is 61.4 Å². The standard InChI is InChI=1S/C20H22N2O3/c1-3-19(23)22-12-11-14-13-15(5-10-18(14)22)20(24)21-16-6-8-17(9-7-16)25-4-2/h5-10,13H,3-4,11-12H2,1-2H3,(H,21,24). The van der Waals surface area contributed by atoms with Crippen molar-refractivity contribution in [3.05, 3.63) is 53.6 Å². The number of fused-ring (bicyclic) bond motifs is 1. The molecule has 2 aromatic rings. The minimum absolute atomic E-state index is 0.116. The van der Waals surface area contributed by atoms with Crippen LogP contribution in [0.3, 0.4) is 0 Å². The van der Waals surface area contributed by atoms with E-state index >= 15 is 0 Å². The van der Waals surface area contributed by atoms with Gasteiger partial charge in [0, 0.05) is 29.9 Å². The number of hydrogen-bond donors (Lipinski definition) is 1. The number of hydrogen-bond acceptors (Lipinski definition) is 3. The third-order valence-corrected chi connectivity index (χ3v) is 4.26. The van der Waals surface area contributed by atoms with Crippen LogP contribution in [0.2, 0.25) is 0 Å². The minimum Gasteiger partial charge on any atom is -0.494 e. The van der Waals surface area contributed by atoms with Gasteiger partial charge in [0.1, 0.15) is 5.75 Å². The largest absolute Gasteiger partial charge is 0.494 e. The van der Waals surface area contributed by atoms with E-state index in [-0.39, 0.29) is 11.8 Å². The molecule has 5 nitrogen and oxygen atoms in total. The zero-order chi connectivity index (χ0) is 17.8. The second-order valence-corrected chi connectivity index (χ2v) is 5.90. The number of carbonyl (C=O) groups excluding carboxylic acids is 2. The van der Waals surface area contributed by atoms with E-state index in [1.54, 1.807) is 11.0 Å². The molecule has 1 aliphatic heterocycles. The molecule has 0 unspecified atom stereocenters. The molecule has 130 valence electrons. The lowest BCUT2D eigenvalue weighted by Gasteiger charge is -2.16. The molecular formula is C20H22N2O3. The predicted molar refractivity (Wildman–Crippen MR) is 98.4 cm³/mol. The number of ether oxygens (including phenoxy) is 1. The van der Waals surface area contributed by atoms with Gasteiger partial charge in [-0.25, -0.2) is 0 Å². The van der Waals surface area contributed by atoms with Crippen molar-refractivity contribution in [3.8, 4) is 5.75 Å². The number of rotatable bonds is 5. The van der Waals surface area contributed by atoms with Crippen LogP contribution in [0.15, 0.2) is 42.5 Å². The first kappa shape index (κ1) is 17.0. The third-order valence-electron chi connectivity index (χ3n) is 4.26. The molecule has 0 aliphatic carbocycles. The molecule has 0 saturated carbocycles. The van der Waals surface area contributed by atoms with Gasteiger partial charge in [0.15, 0.2) is 0 Å². The highest BCUT2D eigenvalue weighted by Crippen LogP contribution is 2.29. The summed E-state index contributed by atoms with van der Waals surface area (Å²) in [5.41, 5.74) is 3.28. The molecule has 2 amide bonds. The Hall–Kier alpha value is -2.82. The van der Waals surface area contributed by atoms with Gasteiger partial charge in [-0.2, -0.15) is 0 Å². The van der Waals surface area contributed by atoms with E-state index in [0.29, 0.717) is 25.1 Å². The Bertz CT molecular complexity index is 784. The van der Waals surface area contributed by atoms with E-state index in [1.807, 2.05) is 50.2 Å². The average Bonchev–Trinajstić information content (AvgIpc) is 3.06. The summed E-state index contributed by atoms with van der Waals surface area (Å²) in [6, 6.07) is 12.8. The Morgan fingerprint density at radius 2 is 1.88 bits per heavy atom. The van der Waals surface area contributed by atoms with Gasteiger partial charge in [-0.1, -0.05) is 6.92 Å². The van der Waals surface area contributed by atoms with Crippen molar-refractivity contribution < 1.29 is 14.3 Å². The summed E-state index contributed by atoms with van der Waals surface area (Å²) in [6.45, 7) is 5.09. The highest BCUT2D eigenvalue weighted by molar-refractivity contribution is 6.05. The summed E-state index contributed by atoms with van der Waals surface area (Å²) in [4.78, 5) is 26.2. The second-order valence-electron chi connectivity index (χ2n) is 5.90. The summed E-state index contributed by atoms with van der Waals surface area (Å²) in [5, 5.41) is 2.89. The number of amides is 2. The lowest BCUT2D eigenvalue weighted by Crippen LogP contribution is -2.27. The molecule has 0 saturated heterocycles. The smallest absolute Gasteiger partial charge is 0.255 e. The van der Waals surface area contributed by atoms with Crippen LogP contribution in [0, 0.1) is 0 Å². The number of nitrogens with one attached hydrogen (secondary N) is 1. The highest BCUT2D eigenvalue weighted by Gasteiger charge is 2.24. The van der Waals surface area contributed by atoms with Crippen molar-refractivity contribution in [2.24, 2.45) is 0 Å². The topological polar surface area (TPSA) is 58.6 Å². The fraction of sp³-hybridized carbons (Fsp3) is 0.300. The molecule has 0 aromatic heterocycles. The summed E-state index contributed by atoms with van der Waals surface area (Å²) in [6.07, 6.45) is 1.27. The second kappa shape index (κ2) is 7.38. The Morgan fingerprint density at radius 3 is 2.56 bits per heavy atom. The van der Waals surface area contributed by atoms with Crippen LogP contribution in [0.1, 0.15) is 36.2 Å². The van der Waals surface area contributed by atoms with Crippen LogP contribution in [-0.2, 0) is 11.2 Å². The monoisotopic (exact) mass is 338 g/mol. The van der Waals surface area contributed by atoms with Crippen LogP contribution < -0.4 is 15.0 Å². The molecule has 2 aromatic carbocycles. The molecule has 1 heterocycles. The number of carbonyl (C=O) groups is 2. The van der Waals surface area contributed by atoms with Crippen LogP contribution in [0.25, 0.3) is 0 Å². The van der Waals surface area contributed by atoms with Gasteiger partial charge < -0.3 is 15.0 Å². The van der Waals surface area contributed by atoms with Gasteiger partial charge in [-0.15, -0.1) is 0 Å². The van der Waals surface area contributed by atoms with Crippen molar-refractivity contribution in [3.63, 3.8) is 0 Å². The molecule has 1 aliphatic rings. The molecule has 0 bridgehead atoms. The maximum absolute atomic E-state index is 12.5. The van der Waals surface area contributed by atoms with E-state index in [9.17, 15) is 9.59 Å². The minimum atomic E-state index is -0.160. The lowest BCUT2D eigenvalue weighted by molar-refractivity contribution is -0.118. The molecule has 0 fully saturated rings. The van der Waals surface area contributed by atoms with Gasteiger partial charge in [-0.3, -0.25) is 9.59 Å². The Labute approximate surface area is 147 Å². The van der Waals surface area contributed by atoms with Crippen LogP contribution in [0.4, 0.5) is 11.4 Å². The fourth-order valence-corrected chi connectivity index (χ4v) is 3.00. The molecule has 25 heavy (non-hydrogen) atoms.